The topological polar surface area (TPSA) is 95.6 Å². The number of carbonyl (C=O) groups excluding carboxylic acids is 2. The Labute approximate surface area is 199 Å². The van der Waals surface area contributed by atoms with E-state index in [1.165, 1.54) is 0 Å². The predicted octanol–water partition coefficient (Wildman–Crippen LogP) is 3.53. The molecule has 1 saturated heterocycles. The van der Waals surface area contributed by atoms with Crippen LogP contribution >= 0.6 is 0 Å². The summed E-state index contributed by atoms with van der Waals surface area (Å²) < 4.78 is 5.36. The fraction of sp³-hybridized carbons (Fsp3) is 0.269. The number of nitrogens with zero attached hydrogens (tertiary/aromatic N) is 2. The van der Waals surface area contributed by atoms with Crippen LogP contribution in [0.4, 0.5) is 17.1 Å². The van der Waals surface area contributed by atoms with Crippen molar-refractivity contribution in [2.45, 2.75) is 6.42 Å². The van der Waals surface area contributed by atoms with Gasteiger partial charge in [0.2, 0.25) is 0 Å². The summed E-state index contributed by atoms with van der Waals surface area (Å²) in [6.45, 7) is 5.05. The lowest BCUT2D eigenvalue weighted by molar-refractivity contribution is 0.0374. The first-order valence-electron chi connectivity index (χ1n) is 11.4. The first-order chi connectivity index (χ1) is 16.7. The molecule has 2 amide bonds. The van der Waals surface area contributed by atoms with Gasteiger partial charge in [0.05, 0.1) is 13.2 Å². The van der Waals surface area contributed by atoms with Crippen molar-refractivity contribution >= 4 is 28.9 Å². The van der Waals surface area contributed by atoms with Crippen LogP contribution in [0.1, 0.15) is 27.1 Å². The molecule has 1 aliphatic rings. The molecule has 4 rings (SSSR count). The number of aromatic nitrogens is 1. The smallest absolute Gasteiger partial charge is 0.255 e. The number of pyridine rings is 1. The summed E-state index contributed by atoms with van der Waals surface area (Å²) >= 11 is 0. The van der Waals surface area contributed by atoms with Crippen LogP contribution in [0.5, 0.6) is 0 Å². The monoisotopic (exact) mass is 459 g/mol. The summed E-state index contributed by atoms with van der Waals surface area (Å²) in [5.41, 5.74) is 3.32. The minimum Gasteiger partial charge on any atom is -0.379 e. The number of benzene rings is 2. The first kappa shape index (κ1) is 23.4. The molecule has 0 unspecified atom stereocenters. The number of hydrogen-bond donors (Lipinski definition) is 3. The maximum Gasteiger partial charge on any atom is 0.255 e. The highest BCUT2D eigenvalue weighted by atomic mass is 16.5. The van der Waals surface area contributed by atoms with Crippen molar-refractivity contribution < 1.29 is 14.3 Å². The Morgan fingerprint density at radius 3 is 2.18 bits per heavy atom. The molecule has 176 valence electrons. The van der Waals surface area contributed by atoms with E-state index < -0.39 is 0 Å². The SMILES string of the molecule is O=C(NCCCN1CCOCC1)c1cccc(Nc2cccc(C(=O)Nc3ccncc3)c2)c1. The molecule has 8 nitrogen and oxygen atoms in total. The third-order valence-corrected chi connectivity index (χ3v) is 5.52. The normalized spacial score (nSPS) is 13.8. The van der Waals surface area contributed by atoms with Gasteiger partial charge in [0, 0.05) is 60.2 Å². The molecule has 0 atom stereocenters. The minimum atomic E-state index is -0.208. The van der Waals surface area contributed by atoms with Crippen LogP contribution in [0.25, 0.3) is 0 Å². The lowest BCUT2D eigenvalue weighted by atomic mass is 10.1. The Morgan fingerprint density at radius 2 is 1.50 bits per heavy atom. The molecule has 1 aliphatic heterocycles. The second-order valence-corrected chi connectivity index (χ2v) is 8.04. The van der Waals surface area contributed by atoms with Gasteiger partial charge < -0.3 is 20.7 Å². The molecule has 0 radical (unpaired) electrons. The fourth-order valence-corrected chi connectivity index (χ4v) is 3.71. The van der Waals surface area contributed by atoms with E-state index in [0.29, 0.717) is 23.4 Å². The highest BCUT2D eigenvalue weighted by Crippen LogP contribution is 2.20. The number of amides is 2. The zero-order valence-electron chi connectivity index (χ0n) is 19.0. The Kier molecular flexibility index (Phi) is 8.21. The highest BCUT2D eigenvalue weighted by Gasteiger charge is 2.11. The van der Waals surface area contributed by atoms with Crippen LogP contribution in [-0.4, -0.2) is 61.1 Å². The van der Waals surface area contributed by atoms with Gasteiger partial charge in [0.15, 0.2) is 0 Å². The van der Waals surface area contributed by atoms with Gasteiger partial charge in [0.1, 0.15) is 0 Å². The van der Waals surface area contributed by atoms with Crippen molar-refractivity contribution in [2.75, 3.05) is 50.0 Å². The molecule has 0 spiro atoms. The second-order valence-electron chi connectivity index (χ2n) is 8.04. The van der Waals surface area contributed by atoms with Crippen molar-refractivity contribution in [3.8, 4) is 0 Å². The molecule has 0 aliphatic carbocycles. The van der Waals surface area contributed by atoms with Crippen LogP contribution in [0, 0.1) is 0 Å². The maximum absolute atomic E-state index is 12.6. The molecule has 1 aromatic heterocycles. The quantitative estimate of drug-likeness (QED) is 0.424. The summed E-state index contributed by atoms with van der Waals surface area (Å²) in [6.07, 6.45) is 4.15. The fourth-order valence-electron chi connectivity index (χ4n) is 3.71. The maximum atomic E-state index is 12.6. The van der Waals surface area contributed by atoms with Gasteiger partial charge in [-0.3, -0.25) is 19.5 Å². The Morgan fingerprint density at radius 1 is 0.853 bits per heavy atom. The van der Waals surface area contributed by atoms with Crippen LogP contribution in [0.2, 0.25) is 0 Å². The Hall–Kier alpha value is -3.75. The van der Waals surface area contributed by atoms with E-state index >= 15 is 0 Å². The van der Waals surface area contributed by atoms with Crippen LogP contribution in [-0.2, 0) is 4.74 Å². The zero-order chi connectivity index (χ0) is 23.6. The molecule has 0 bridgehead atoms. The predicted molar refractivity (Wildman–Crippen MR) is 133 cm³/mol. The minimum absolute atomic E-state index is 0.101. The van der Waals surface area contributed by atoms with Crippen LogP contribution < -0.4 is 16.0 Å². The third-order valence-electron chi connectivity index (χ3n) is 5.52. The largest absolute Gasteiger partial charge is 0.379 e. The standard InChI is InChI=1S/C26H29N5O3/c32-25(28-10-3-13-31-14-16-34-17-15-31)20-4-1-6-23(18-20)29-24-7-2-5-21(19-24)26(33)30-22-8-11-27-12-9-22/h1-2,4-9,11-12,18-19,29H,3,10,13-17H2,(H,28,32)(H,27,30,33). The lowest BCUT2D eigenvalue weighted by Gasteiger charge is -2.26. The lowest BCUT2D eigenvalue weighted by Crippen LogP contribution is -2.38. The first-order valence-corrected chi connectivity index (χ1v) is 11.4. The molecular formula is C26H29N5O3. The van der Waals surface area contributed by atoms with Crippen LogP contribution in [0.3, 0.4) is 0 Å². The molecule has 2 aromatic carbocycles. The van der Waals surface area contributed by atoms with E-state index in [0.717, 1.165) is 50.6 Å². The van der Waals surface area contributed by atoms with Gasteiger partial charge in [-0.2, -0.15) is 0 Å². The molecular weight excluding hydrogens is 430 g/mol. The molecule has 34 heavy (non-hydrogen) atoms. The average Bonchev–Trinajstić information content (AvgIpc) is 2.88. The number of hydrogen-bond acceptors (Lipinski definition) is 6. The van der Waals surface area contributed by atoms with Crippen molar-refractivity contribution in [3.05, 3.63) is 84.2 Å². The van der Waals surface area contributed by atoms with Gasteiger partial charge in [-0.25, -0.2) is 0 Å². The molecule has 0 saturated carbocycles. The van der Waals surface area contributed by atoms with E-state index in [-0.39, 0.29) is 11.8 Å². The molecule has 8 heteroatoms. The Balaban J connectivity index is 1.30. The number of carbonyl (C=O) groups is 2. The van der Waals surface area contributed by atoms with E-state index in [9.17, 15) is 9.59 Å². The summed E-state index contributed by atoms with van der Waals surface area (Å²) in [5.74, 6) is -0.309. The zero-order valence-corrected chi connectivity index (χ0v) is 19.0. The van der Waals surface area contributed by atoms with Crippen molar-refractivity contribution in [1.29, 1.82) is 0 Å². The van der Waals surface area contributed by atoms with Gasteiger partial charge in [-0.05, 0) is 61.5 Å². The molecule has 3 aromatic rings. The van der Waals surface area contributed by atoms with Crippen molar-refractivity contribution in [3.63, 3.8) is 0 Å². The number of nitrogens with one attached hydrogen (secondary N) is 3. The van der Waals surface area contributed by atoms with E-state index in [1.807, 2.05) is 24.3 Å². The number of morpholine rings is 1. The van der Waals surface area contributed by atoms with Gasteiger partial charge in [-0.15, -0.1) is 0 Å². The molecule has 1 fully saturated rings. The molecule has 2 heterocycles. The van der Waals surface area contributed by atoms with Gasteiger partial charge >= 0.3 is 0 Å². The summed E-state index contributed by atoms with van der Waals surface area (Å²) in [4.78, 5) is 31.5. The Bertz CT molecular complexity index is 1100. The van der Waals surface area contributed by atoms with E-state index in [2.05, 4.69) is 25.8 Å². The number of rotatable bonds is 9. The molecule has 3 N–H and O–H groups in total. The summed E-state index contributed by atoms with van der Waals surface area (Å²) in [6, 6.07) is 18.0. The van der Waals surface area contributed by atoms with E-state index in [1.54, 1.807) is 48.8 Å². The second kappa shape index (κ2) is 11.9. The third kappa shape index (κ3) is 6.87. The van der Waals surface area contributed by atoms with Crippen molar-refractivity contribution in [1.82, 2.24) is 15.2 Å². The van der Waals surface area contributed by atoms with E-state index in [4.69, 9.17) is 4.74 Å². The average molecular weight is 460 g/mol. The number of anilines is 3. The van der Waals surface area contributed by atoms with Crippen molar-refractivity contribution in [2.24, 2.45) is 0 Å². The highest BCUT2D eigenvalue weighted by molar-refractivity contribution is 6.04. The summed E-state index contributed by atoms with van der Waals surface area (Å²) in [5, 5.41) is 9.12. The number of ether oxygens (including phenoxy) is 1. The van der Waals surface area contributed by atoms with Crippen LogP contribution in [0.15, 0.2) is 73.1 Å². The van der Waals surface area contributed by atoms with Gasteiger partial charge in [0.25, 0.3) is 11.8 Å². The van der Waals surface area contributed by atoms with Gasteiger partial charge in [-0.1, -0.05) is 12.1 Å². The summed E-state index contributed by atoms with van der Waals surface area (Å²) in [7, 11) is 0.